The fourth-order valence-electron chi connectivity index (χ4n) is 1.54. The van der Waals surface area contributed by atoms with E-state index in [9.17, 15) is 13.2 Å². The lowest BCUT2D eigenvalue weighted by Crippen LogP contribution is -2.15. The smallest absolute Gasteiger partial charge is 0.320 e. The van der Waals surface area contributed by atoms with Crippen LogP contribution in [0.5, 0.6) is 0 Å². The monoisotopic (exact) mass is 357 g/mol. The Bertz CT molecular complexity index is 617. The lowest BCUT2D eigenvalue weighted by molar-refractivity contribution is -0.145. The second-order valence-electron chi connectivity index (χ2n) is 3.99. The minimum Gasteiger partial charge on any atom is -0.320 e. The van der Waals surface area contributed by atoms with Crippen molar-refractivity contribution in [3.63, 3.8) is 0 Å². The van der Waals surface area contributed by atoms with Gasteiger partial charge < -0.3 is 5.73 Å². The third kappa shape index (κ3) is 4.20. The lowest BCUT2D eigenvalue weighted by atomic mass is 10.0. The van der Waals surface area contributed by atoms with E-state index in [0.29, 0.717) is 21.2 Å². The van der Waals surface area contributed by atoms with E-state index in [1.807, 2.05) is 0 Å². The van der Waals surface area contributed by atoms with E-state index < -0.39 is 18.0 Å². The summed E-state index contributed by atoms with van der Waals surface area (Å²) >= 11 is 11.6. The molecular formula is C12H9Cl3F3N3. The Kier molecular flexibility index (Phi) is 5.81. The number of nitrogens with two attached hydrogens (primary N) is 1. The van der Waals surface area contributed by atoms with Crippen LogP contribution in [-0.2, 0) is 6.18 Å². The third-order valence-corrected chi connectivity index (χ3v) is 3.33. The largest absolute Gasteiger partial charge is 0.451 e. The van der Waals surface area contributed by atoms with Gasteiger partial charge in [-0.1, -0.05) is 29.3 Å². The molecule has 1 aromatic heterocycles. The molecule has 0 bridgehead atoms. The molecule has 1 unspecified atom stereocenters. The standard InChI is InChI=1S/C12H8Cl2F3N3.ClH/c13-8-2-1-6(3-9(8)14)10(18)7-4-19-11(20-5-7)12(15,16)17;/h1-5,10H,18H2;1H. The van der Waals surface area contributed by atoms with E-state index in [0.717, 1.165) is 12.4 Å². The van der Waals surface area contributed by atoms with Gasteiger partial charge in [-0.05, 0) is 17.7 Å². The van der Waals surface area contributed by atoms with E-state index in [-0.39, 0.29) is 12.4 Å². The van der Waals surface area contributed by atoms with Crippen LogP contribution in [0.4, 0.5) is 13.2 Å². The molecule has 0 aliphatic heterocycles. The summed E-state index contributed by atoms with van der Waals surface area (Å²) in [4.78, 5) is 6.52. The predicted octanol–water partition coefficient (Wildman–Crippen LogP) is 4.27. The maximum Gasteiger partial charge on any atom is 0.451 e. The highest BCUT2D eigenvalue weighted by Gasteiger charge is 2.34. The molecule has 1 atom stereocenters. The van der Waals surface area contributed by atoms with Crippen LogP contribution < -0.4 is 5.73 Å². The summed E-state index contributed by atoms with van der Waals surface area (Å²) < 4.78 is 37.1. The molecule has 2 aromatic rings. The van der Waals surface area contributed by atoms with Gasteiger partial charge in [0.1, 0.15) is 0 Å². The fraction of sp³-hybridized carbons (Fsp3) is 0.167. The number of alkyl halides is 3. The van der Waals surface area contributed by atoms with Crippen molar-refractivity contribution in [3.05, 3.63) is 57.6 Å². The van der Waals surface area contributed by atoms with Gasteiger partial charge in [0.25, 0.3) is 0 Å². The zero-order chi connectivity index (χ0) is 14.9. The van der Waals surface area contributed by atoms with Gasteiger partial charge in [-0.3, -0.25) is 0 Å². The normalized spacial score (nSPS) is 12.7. The van der Waals surface area contributed by atoms with E-state index in [2.05, 4.69) is 9.97 Å². The highest BCUT2D eigenvalue weighted by Crippen LogP contribution is 2.29. The number of hydrogen-bond acceptors (Lipinski definition) is 3. The van der Waals surface area contributed by atoms with Crippen molar-refractivity contribution < 1.29 is 13.2 Å². The van der Waals surface area contributed by atoms with Gasteiger partial charge in [-0.15, -0.1) is 12.4 Å². The van der Waals surface area contributed by atoms with Crippen molar-refractivity contribution in [1.82, 2.24) is 9.97 Å². The Labute approximate surface area is 134 Å². The van der Waals surface area contributed by atoms with Crippen LogP contribution in [0.3, 0.4) is 0 Å². The maximum absolute atomic E-state index is 12.4. The molecule has 0 saturated carbocycles. The van der Waals surface area contributed by atoms with Crippen LogP contribution in [0, 0.1) is 0 Å². The Balaban J connectivity index is 0.00000220. The van der Waals surface area contributed by atoms with Gasteiger partial charge >= 0.3 is 6.18 Å². The second-order valence-corrected chi connectivity index (χ2v) is 4.80. The van der Waals surface area contributed by atoms with E-state index in [1.165, 1.54) is 0 Å². The molecule has 0 aliphatic rings. The number of halogens is 6. The zero-order valence-corrected chi connectivity index (χ0v) is 12.6. The quantitative estimate of drug-likeness (QED) is 0.872. The Hall–Kier alpha value is -1.08. The first-order valence-corrected chi connectivity index (χ1v) is 6.14. The van der Waals surface area contributed by atoms with E-state index >= 15 is 0 Å². The van der Waals surface area contributed by atoms with Crippen LogP contribution >= 0.6 is 35.6 Å². The molecule has 1 aromatic carbocycles. The minimum absolute atomic E-state index is 0. The number of benzene rings is 1. The first-order chi connectivity index (χ1) is 9.29. The second kappa shape index (κ2) is 6.79. The van der Waals surface area contributed by atoms with E-state index in [4.69, 9.17) is 28.9 Å². The van der Waals surface area contributed by atoms with Crippen molar-refractivity contribution in [2.24, 2.45) is 5.73 Å². The summed E-state index contributed by atoms with van der Waals surface area (Å²) in [5.41, 5.74) is 6.88. The number of nitrogens with zero attached hydrogens (tertiary/aromatic N) is 2. The summed E-state index contributed by atoms with van der Waals surface area (Å²) in [5.74, 6) is -1.21. The first-order valence-electron chi connectivity index (χ1n) is 5.38. The summed E-state index contributed by atoms with van der Waals surface area (Å²) in [6.45, 7) is 0. The highest BCUT2D eigenvalue weighted by atomic mass is 35.5. The van der Waals surface area contributed by atoms with Gasteiger partial charge in [0, 0.05) is 18.0 Å². The molecule has 9 heteroatoms. The SMILES string of the molecule is Cl.NC(c1cnc(C(F)(F)F)nc1)c1ccc(Cl)c(Cl)c1. The van der Waals surface area contributed by atoms with Crippen molar-refractivity contribution in [2.75, 3.05) is 0 Å². The zero-order valence-electron chi connectivity index (χ0n) is 10.2. The van der Waals surface area contributed by atoms with Crippen molar-refractivity contribution >= 4 is 35.6 Å². The number of hydrogen-bond donors (Lipinski definition) is 1. The predicted molar refractivity (Wildman–Crippen MR) is 76.8 cm³/mol. The highest BCUT2D eigenvalue weighted by molar-refractivity contribution is 6.42. The molecule has 2 rings (SSSR count). The maximum atomic E-state index is 12.4. The average Bonchev–Trinajstić information content (AvgIpc) is 2.40. The summed E-state index contributed by atoms with van der Waals surface area (Å²) in [7, 11) is 0. The topological polar surface area (TPSA) is 51.8 Å². The van der Waals surface area contributed by atoms with Crippen LogP contribution in [0.25, 0.3) is 0 Å². The first kappa shape index (κ1) is 18.0. The number of aromatic nitrogens is 2. The number of rotatable bonds is 2. The Morgan fingerprint density at radius 1 is 1.00 bits per heavy atom. The molecule has 3 nitrogen and oxygen atoms in total. The molecule has 0 radical (unpaired) electrons. The summed E-state index contributed by atoms with van der Waals surface area (Å²) in [6.07, 6.45) is -2.49. The van der Waals surface area contributed by atoms with Gasteiger partial charge in [0.2, 0.25) is 5.82 Å². The summed E-state index contributed by atoms with van der Waals surface area (Å²) in [6, 6.07) is 4.05. The van der Waals surface area contributed by atoms with Crippen molar-refractivity contribution in [2.45, 2.75) is 12.2 Å². The van der Waals surface area contributed by atoms with Crippen molar-refractivity contribution in [3.8, 4) is 0 Å². The van der Waals surface area contributed by atoms with Gasteiger partial charge in [0.15, 0.2) is 0 Å². The molecular weight excluding hydrogens is 350 g/mol. The fourth-order valence-corrected chi connectivity index (χ4v) is 1.85. The lowest BCUT2D eigenvalue weighted by Gasteiger charge is -2.13. The molecule has 0 aliphatic carbocycles. The Morgan fingerprint density at radius 3 is 2.05 bits per heavy atom. The molecule has 0 spiro atoms. The van der Waals surface area contributed by atoms with Gasteiger partial charge in [0.05, 0.1) is 16.1 Å². The molecule has 1 heterocycles. The van der Waals surface area contributed by atoms with Crippen LogP contribution in [0.1, 0.15) is 23.0 Å². The van der Waals surface area contributed by atoms with Crippen molar-refractivity contribution in [1.29, 1.82) is 0 Å². The molecule has 0 amide bonds. The van der Waals surface area contributed by atoms with Crippen LogP contribution in [0.15, 0.2) is 30.6 Å². The van der Waals surface area contributed by atoms with Crippen LogP contribution in [0.2, 0.25) is 10.0 Å². The molecule has 21 heavy (non-hydrogen) atoms. The van der Waals surface area contributed by atoms with Gasteiger partial charge in [-0.2, -0.15) is 13.2 Å². The molecule has 114 valence electrons. The Morgan fingerprint density at radius 2 is 1.57 bits per heavy atom. The average molecular weight is 359 g/mol. The minimum atomic E-state index is -4.58. The molecule has 0 fully saturated rings. The third-order valence-electron chi connectivity index (χ3n) is 2.59. The summed E-state index contributed by atoms with van der Waals surface area (Å²) in [5, 5.41) is 0.679. The van der Waals surface area contributed by atoms with Crippen LogP contribution in [-0.4, -0.2) is 9.97 Å². The van der Waals surface area contributed by atoms with E-state index in [1.54, 1.807) is 18.2 Å². The molecule has 2 N–H and O–H groups in total. The molecule has 0 saturated heterocycles. The van der Waals surface area contributed by atoms with Gasteiger partial charge in [-0.25, -0.2) is 9.97 Å².